The van der Waals surface area contributed by atoms with Gasteiger partial charge in [0, 0.05) is 32.5 Å². The molecule has 0 aromatic carbocycles. The lowest BCUT2D eigenvalue weighted by molar-refractivity contribution is 0.0753. The minimum atomic E-state index is -0.0260. The van der Waals surface area contributed by atoms with Crippen molar-refractivity contribution in [3.63, 3.8) is 0 Å². The largest absolute Gasteiger partial charge is 0.372 e. The van der Waals surface area contributed by atoms with Crippen LogP contribution in [0.15, 0.2) is 31.0 Å². The van der Waals surface area contributed by atoms with Gasteiger partial charge in [0.1, 0.15) is 11.5 Å². The summed E-state index contributed by atoms with van der Waals surface area (Å²) in [6, 6.07) is 0. The van der Waals surface area contributed by atoms with E-state index in [4.69, 9.17) is 0 Å². The summed E-state index contributed by atoms with van der Waals surface area (Å²) >= 11 is 0. The first-order chi connectivity index (χ1) is 11.8. The fourth-order valence-electron chi connectivity index (χ4n) is 3.03. The monoisotopic (exact) mass is 326 g/mol. The number of nitrogens with zero attached hydrogens (tertiary/aromatic N) is 5. The first-order valence-corrected chi connectivity index (χ1v) is 8.30. The molecule has 1 aliphatic heterocycles. The zero-order valence-electron chi connectivity index (χ0n) is 13.9. The smallest absolute Gasteiger partial charge is 0.274 e. The molecule has 0 radical (unpaired) electrons. The number of amides is 1. The number of rotatable bonds is 4. The first kappa shape index (κ1) is 16.3. The second-order valence-electron chi connectivity index (χ2n) is 6.03. The summed E-state index contributed by atoms with van der Waals surface area (Å²) in [6.07, 6.45) is 12.2. The van der Waals surface area contributed by atoms with Crippen molar-refractivity contribution in [2.75, 3.05) is 25.5 Å². The molecule has 2 aromatic rings. The molecule has 126 valence electrons. The Morgan fingerprint density at radius 3 is 2.79 bits per heavy atom. The van der Waals surface area contributed by atoms with Crippen molar-refractivity contribution >= 4 is 11.7 Å². The highest BCUT2D eigenvalue weighted by Crippen LogP contribution is 2.22. The SMILES string of the molecule is CNc1cnc(C[C@@H]2CCCN(C(=O)c3cnccn3)CC2)cn1. The second kappa shape index (κ2) is 7.81. The minimum absolute atomic E-state index is 0.0260. The third kappa shape index (κ3) is 4.04. The van der Waals surface area contributed by atoms with Crippen molar-refractivity contribution in [3.05, 3.63) is 42.4 Å². The Bertz CT molecular complexity index is 661. The lowest BCUT2D eigenvalue weighted by Crippen LogP contribution is -2.32. The maximum atomic E-state index is 12.5. The molecule has 1 atom stereocenters. The van der Waals surface area contributed by atoms with E-state index in [1.807, 2.05) is 18.1 Å². The number of anilines is 1. The van der Waals surface area contributed by atoms with Crippen LogP contribution in [0.4, 0.5) is 5.82 Å². The summed E-state index contributed by atoms with van der Waals surface area (Å²) in [5, 5.41) is 2.97. The van der Waals surface area contributed by atoms with Crippen LogP contribution in [0.3, 0.4) is 0 Å². The zero-order valence-corrected chi connectivity index (χ0v) is 13.9. The molecule has 0 unspecified atom stereocenters. The van der Waals surface area contributed by atoms with Gasteiger partial charge < -0.3 is 10.2 Å². The highest BCUT2D eigenvalue weighted by molar-refractivity contribution is 5.91. The average Bonchev–Trinajstić information content (AvgIpc) is 2.88. The van der Waals surface area contributed by atoms with Gasteiger partial charge in [-0.05, 0) is 31.6 Å². The Labute approximate surface area is 141 Å². The van der Waals surface area contributed by atoms with Gasteiger partial charge in [0.15, 0.2) is 0 Å². The molecule has 7 nitrogen and oxygen atoms in total. The number of carbonyl (C=O) groups excluding carboxylic acids is 1. The first-order valence-electron chi connectivity index (χ1n) is 8.30. The average molecular weight is 326 g/mol. The molecule has 1 fully saturated rings. The summed E-state index contributed by atoms with van der Waals surface area (Å²) < 4.78 is 0. The molecule has 1 aliphatic rings. The van der Waals surface area contributed by atoms with E-state index in [1.165, 1.54) is 6.20 Å². The van der Waals surface area contributed by atoms with E-state index in [2.05, 4.69) is 25.3 Å². The predicted octanol–water partition coefficient (Wildman–Crippen LogP) is 1.79. The minimum Gasteiger partial charge on any atom is -0.372 e. The summed E-state index contributed by atoms with van der Waals surface area (Å²) in [7, 11) is 1.83. The van der Waals surface area contributed by atoms with Crippen molar-refractivity contribution in [1.82, 2.24) is 24.8 Å². The molecule has 0 aliphatic carbocycles. The molecule has 3 heterocycles. The number of likely N-dealkylation sites (tertiary alicyclic amines) is 1. The second-order valence-corrected chi connectivity index (χ2v) is 6.03. The molecule has 24 heavy (non-hydrogen) atoms. The van der Waals surface area contributed by atoms with Gasteiger partial charge in [-0.15, -0.1) is 0 Å². The Morgan fingerprint density at radius 1 is 1.17 bits per heavy atom. The van der Waals surface area contributed by atoms with Crippen LogP contribution in [0.1, 0.15) is 35.4 Å². The molecule has 0 bridgehead atoms. The van der Waals surface area contributed by atoms with Crippen LogP contribution in [0.2, 0.25) is 0 Å². The van der Waals surface area contributed by atoms with Crippen molar-refractivity contribution in [1.29, 1.82) is 0 Å². The Kier molecular flexibility index (Phi) is 5.30. The Balaban J connectivity index is 1.57. The van der Waals surface area contributed by atoms with E-state index in [0.717, 1.165) is 50.3 Å². The topological polar surface area (TPSA) is 83.9 Å². The maximum absolute atomic E-state index is 12.5. The van der Waals surface area contributed by atoms with E-state index in [-0.39, 0.29) is 5.91 Å². The van der Waals surface area contributed by atoms with E-state index in [0.29, 0.717) is 11.6 Å². The molecule has 1 N–H and O–H groups in total. The van der Waals surface area contributed by atoms with E-state index >= 15 is 0 Å². The molecule has 1 amide bonds. The summed E-state index contributed by atoms with van der Waals surface area (Å²) in [4.78, 5) is 31.2. The summed E-state index contributed by atoms with van der Waals surface area (Å²) in [5.41, 5.74) is 1.43. The lowest BCUT2D eigenvalue weighted by atomic mass is 9.95. The van der Waals surface area contributed by atoms with Crippen LogP contribution in [-0.2, 0) is 6.42 Å². The van der Waals surface area contributed by atoms with Gasteiger partial charge in [-0.3, -0.25) is 14.8 Å². The molecule has 7 heteroatoms. The number of carbonyl (C=O) groups is 1. The number of hydrogen-bond acceptors (Lipinski definition) is 6. The molecular weight excluding hydrogens is 304 g/mol. The van der Waals surface area contributed by atoms with Crippen LogP contribution < -0.4 is 5.32 Å². The molecular formula is C17H22N6O. The maximum Gasteiger partial charge on any atom is 0.274 e. The van der Waals surface area contributed by atoms with E-state index in [9.17, 15) is 4.79 Å². The quantitative estimate of drug-likeness (QED) is 0.922. The van der Waals surface area contributed by atoms with Gasteiger partial charge >= 0.3 is 0 Å². The number of nitrogens with one attached hydrogen (secondary N) is 1. The summed E-state index contributed by atoms with van der Waals surface area (Å²) in [6.45, 7) is 1.53. The van der Waals surface area contributed by atoms with Crippen molar-refractivity contribution in [2.45, 2.75) is 25.7 Å². The van der Waals surface area contributed by atoms with Crippen LogP contribution >= 0.6 is 0 Å². The highest BCUT2D eigenvalue weighted by atomic mass is 16.2. The third-order valence-electron chi connectivity index (χ3n) is 4.38. The fraction of sp³-hybridized carbons (Fsp3) is 0.471. The Morgan fingerprint density at radius 2 is 2.08 bits per heavy atom. The molecule has 0 spiro atoms. The standard InChI is InChI=1S/C17H22N6O/c1-18-16-12-21-14(10-22-16)9-13-3-2-7-23(8-4-13)17(24)15-11-19-5-6-20-15/h5-6,10-13H,2-4,7-9H2,1H3,(H,18,22)/t13-/m1/s1. The van der Waals surface area contributed by atoms with Gasteiger partial charge in [0.05, 0.1) is 24.3 Å². The fourth-order valence-corrected chi connectivity index (χ4v) is 3.03. The van der Waals surface area contributed by atoms with Gasteiger partial charge in [-0.1, -0.05) is 0 Å². The number of aromatic nitrogens is 4. The van der Waals surface area contributed by atoms with Gasteiger partial charge in [-0.25, -0.2) is 9.97 Å². The molecule has 0 saturated carbocycles. The van der Waals surface area contributed by atoms with Crippen LogP contribution in [-0.4, -0.2) is 50.9 Å². The van der Waals surface area contributed by atoms with Gasteiger partial charge in [0.25, 0.3) is 5.91 Å². The highest BCUT2D eigenvalue weighted by Gasteiger charge is 2.22. The van der Waals surface area contributed by atoms with Gasteiger partial charge in [0.2, 0.25) is 0 Å². The van der Waals surface area contributed by atoms with Gasteiger partial charge in [-0.2, -0.15) is 0 Å². The molecule has 1 saturated heterocycles. The lowest BCUT2D eigenvalue weighted by Gasteiger charge is -2.20. The van der Waals surface area contributed by atoms with Crippen LogP contribution in [0.5, 0.6) is 0 Å². The molecule has 3 rings (SSSR count). The van der Waals surface area contributed by atoms with Crippen molar-refractivity contribution in [2.24, 2.45) is 5.92 Å². The van der Waals surface area contributed by atoms with Crippen LogP contribution in [0, 0.1) is 5.92 Å². The normalized spacial score (nSPS) is 18.0. The molecule has 2 aromatic heterocycles. The van der Waals surface area contributed by atoms with Crippen molar-refractivity contribution < 1.29 is 4.79 Å². The van der Waals surface area contributed by atoms with E-state index < -0.39 is 0 Å². The predicted molar refractivity (Wildman–Crippen MR) is 90.6 cm³/mol. The summed E-state index contributed by atoms with van der Waals surface area (Å²) in [5.74, 6) is 1.28. The Hall–Kier alpha value is -2.57. The van der Waals surface area contributed by atoms with E-state index in [1.54, 1.807) is 18.6 Å². The number of hydrogen-bond donors (Lipinski definition) is 1. The van der Waals surface area contributed by atoms with Crippen molar-refractivity contribution in [3.8, 4) is 0 Å². The third-order valence-corrected chi connectivity index (χ3v) is 4.38. The van der Waals surface area contributed by atoms with Crippen LogP contribution in [0.25, 0.3) is 0 Å². The zero-order chi connectivity index (χ0) is 16.8.